The molecule has 0 saturated carbocycles. The number of rotatable bonds is 1. The molecule has 0 radical (unpaired) electrons. The first kappa shape index (κ1) is 10.3. The van der Waals surface area contributed by atoms with Gasteiger partial charge in [0.15, 0.2) is 21.6 Å². The van der Waals surface area contributed by atoms with Gasteiger partial charge in [-0.2, -0.15) is 0 Å². The van der Waals surface area contributed by atoms with E-state index in [2.05, 4.69) is 10.2 Å². The average molecular weight is 252 g/mol. The lowest BCUT2D eigenvalue weighted by Crippen LogP contribution is -2.22. The minimum atomic E-state index is -0.546. The fourth-order valence-electron chi connectivity index (χ4n) is 1.42. The van der Waals surface area contributed by atoms with Gasteiger partial charge < -0.3 is 0 Å². The molecule has 14 heavy (non-hydrogen) atoms. The molecule has 4 nitrogen and oxygen atoms in total. The molecular formula is C7H7Cl2N3OS. The second kappa shape index (κ2) is 3.12. The van der Waals surface area contributed by atoms with E-state index < -0.39 is 6.17 Å². The number of thioether (sulfide) groups is 1. The van der Waals surface area contributed by atoms with Gasteiger partial charge in [-0.25, -0.2) is 4.98 Å². The standard InChI is InChI=1S/C7H7Cl2N3OS/c1-7(2)5(11-13)12-4(9)3(8)10-6(12)14-7/h5H,1-2H3. The van der Waals surface area contributed by atoms with Gasteiger partial charge in [0.1, 0.15) is 0 Å². The van der Waals surface area contributed by atoms with Crippen LogP contribution in [0.3, 0.4) is 0 Å². The first-order chi connectivity index (χ1) is 6.47. The highest BCUT2D eigenvalue weighted by Gasteiger charge is 2.44. The van der Waals surface area contributed by atoms with Crippen molar-refractivity contribution in [2.24, 2.45) is 5.18 Å². The number of halogens is 2. The van der Waals surface area contributed by atoms with Gasteiger partial charge in [0, 0.05) is 0 Å². The highest BCUT2D eigenvalue weighted by atomic mass is 35.5. The van der Waals surface area contributed by atoms with E-state index in [-0.39, 0.29) is 15.1 Å². The Morgan fingerprint density at radius 1 is 1.57 bits per heavy atom. The van der Waals surface area contributed by atoms with E-state index in [0.29, 0.717) is 5.16 Å². The third-order valence-corrected chi connectivity index (χ3v) is 4.03. The van der Waals surface area contributed by atoms with E-state index >= 15 is 0 Å². The summed E-state index contributed by atoms with van der Waals surface area (Å²) in [7, 11) is 0. The van der Waals surface area contributed by atoms with Crippen molar-refractivity contribution in [2.45, 2.75) is 29.9 Å². The van der Waals surface area contributed by atoms with Gasteiger partial charge in [0.2, 0.25) is 0 Å². The Balaban J connectivity index is 2.58. The summed E-state index contributed by atoms with van der Waals surface area (Å²) in [6, 6.07) is 0. The molecule has 1 aromatic heterocycles. The molecule has 0 N–H and O–H groups in total. The summed E-state index contributed by atoms with van der Waals surface area (Å²) in [5, 5.41) is 4.22. The van der Waals surface area contributed by atoms with Gasteiger partial charge in [-0.15, -0.1) is 4.91 Å². The molecule has 0 bridgehead atoms. The highest BCUT2D eigenvalue weighted by Crippen LogP contribution is 2.51. The van der Waals surface area contributed by atoms with Crippen molar-refractivity contribution in [2.75, 3.05) is 0 Å². The Morgan fingerprint density at radius 2 is 2.21 bits per heavy atom. The van der Waals surface area contributed by atoms with Gasteiger partial charge in [0.05, 0.1) is 4.75 Å². The molecule has 0 amide bonds. The number of hydrogen-bond acceptors (Lipinski definition) is 4. The number of nitrogens with zero attached hydrogens (tertiary/aromatic N) is 3. The summed E-state index contributed by atoms with van der Waals surface area (Å²) < 4.78 is 1.25. The molecule has 1 aliphatic heterocycles. The van der Waals surface area contributed by atoms with Gasteiger partial charge >= 0.3 is 0 Å². The van der Waals surface area contributed by atoms with Crippen LogP contribution in [0.15, 0.2) is 10.3 Å². The normalized spacial score (nSPS) is 23.6. The Hall–Kier alpha value is -0.260. The summed E-state index contributed by atoms with van der Waals surface area (Å²) in [6.45, 7) is 3.84. The number of fused-ring (bicyclic) bond motifs is 1. The van der Waals surface area contributed by atoms with Crippen molar-refractivity contribution in [3.8, 4) is 0 Å². The fourth-order valence-corrected chi connectivity index (χ4v) is 3.06. The van der Waals surface area contributed by atoms with Gasteiger partial charge in [-0.05, 0) is 19.0 Å². The van der Waals surface area contributed by atoms with E-state index in [1.54, 1.807) is 4.57 Å². The lowest BCUT2D eigenvalue weighted by molar-refractivity contribution is 0.427. The van der Waals surface area contributed by atoms with Crippen LogP contribution in [-0.2, 0) is 0 Å². The van der Waals surface area contributed by atoms with Crippen molar-refractivity contribution in [1.29, 1.82) is 0 Å². The van der Waals surface area contributed by atoms with Crippen LogP contribution in [-0.4, -0.2) is 14.3 Å². The molecular weight excluding hydrogens is 245 g/mol. The molecule has 1 atom stereocenters. The van der Waals surface area contributed by atoms with E-state index in [1.165, 1.54) is 11.8 Å². The van der Waals surface area contributed by atoms with Crippen molar-refractivity contribution in [3.63, 3.8) is 0 Å². The van der Waals surface area contributed by atoms with Crippen molar-refractivity contribution >= 4 is 35.0 Å². The highest BCUT2D eigenvalue weighted by molar-refractivity contribution is 8.00. The molecule has 0 aromatic carbocycles. The van der Waals surface area contributed by atoms with Crippen molar-refractivity contribution < 1.29 is 0 Å². The molecule has 0 fully saturated rings. The minimum absolute atomic E-state index is 0.221. The number of imidazole rings is 1. The summed E-state index contributed by atoms with van der Waals surface area (Å²) in [5.74, 6) is 0. The van der Waals surface area contributed by atoms with Crippen LogP contribution < -0.4 is 0 Å². The lowest BCUT2D eigenvalue weighted by Gasteiger charge is -2.20. The van der Waals surface area contributed by atoms with Gasteiger partial charge in [-0.3, -0.25) is 4.57 Å². The maximum atomic E-state index is 10.7. The zero-order chi connectivity index (χ0) is 10.5. The molecule has 0 aliphatic carbocycles. The van der Waals surface area contributed by atoms with E-state index in [9.17, 15) is 4.91 Å². The van der Waals surface area contributed by atoms with Crippen LogP contribution in [0.25, 0.3) is 0 Å². The predicted octanol–water partition coefficient (Wildman–Crippen LogP) is 3.34. The maximum Gasteiger partial charge on any atom is 0.184 e. The Kier molecular flexibility index (Phi) is 2.28. The smallest absolute Gasteiger partial charge is 0.184 e. The minimum Gasteiger partial charge on any atom is -0.281 e. The summed E-state index contributed by atoms with van der Waals surface area (Å²) in [5.41, 5.74) is 0. The Bertz CT molecular complexity index is 404. The third kappa shape index (κ3) is 1.26. The molecule has 1 unspecified atom stereocenters. The molecule has 0 saturated heterocycles. The first-order valence-corrected chi connectivity index (χ1v) is 5.49. The lowest BCUT2D eigenvalue weighted by atomic mass is 10.1. The molecule has 7 heteroatoms. The Labute approximate surface area is 94.9 Å². The van der Waals surface area contributed by atoms with Gasteiger partial charge in [-0.1, -0.05) is 35.0 Å². The maximum absolute atomic E-state index is 10.7. The predicted molar refractivity (Wildman–Crippen MR) is 57.0 cm³/mol. The third-order valence-electron chi connectivity index (χ3n) is 2.10. The van der Waals surface area contributed by atoms with Crippen LogP contribution in [0.1, 0.15) is 20.0 Å². The summed E-state index contributed by atoms with van der Waals surface area (Å²) >= 11 is 13.1. The summed E-state index contributed by atoms with van der Waals surface area (Å²) in [6.07, 6.45) is -0.546. The molecule has 2 rings (SSSR count). The summed E-state index contributed by atoms with van der Waals surface area (Å²) in [4.78, 5) is 14.8. The zero-order valence-corrected chi connectivity index (χ0v) is 9.82. The fraction of sp³-hybridized carbons (Fsp3) is 0.571. The topological polar surface area (TPSA) is 47.2 Å². The molecule has 1 aromatic rings. The second-order valence-electron chi connectivity index (χ2n) is 3.53. The SMILES string of the molecule is CC1(C)Sc2nc(Cl)c(Cl)n2C1N=O. The number of hydrogen-bond donors (Lipinski definition) is 0. The number of aromatic nitrogens is 2. The van der Waals surface area contributed by atoms with Crippen LogP contribution in [0.4, 0.5) is 0 Å². The van der Waals surface area contributed by atoms with E-state index in [4.69, 9.17) is 23.2 Å². The van der Waals surface area contributed by atoms with Crippen LogP contribution >= 0.6 is 35.0 Å². The number of nitroso groups, excluding NO2 is 1. The van der Waals surface area contributed by atoms with E-state index in [1.807, 2.05) is 13.8 Å². The van der Waals surface area contributed by atoms with Crippen molar-refractivity contribution in [1.82, 2.24) is 9.55 Å². The largest absolute Gasteiger partial charge is 0.281 e. The molecule has 76 valence electrons. The van der Waals surface area contributed by atoms with Gasteiger partial charge in [0.25, 0.3) is 0 Å². The van der Waals surface area contributed by atoms with Crippen LogP contribution in [0.2, 0.25) is 10.3 Å². The first-order valence-electron chi connectivity index (χ1n) is 3.92. The Morgan fingerprint density at radius 3 is 2.79 bits per heavy atom. The zero-order valence-electron chi connectivity index (χ0n) is 7.49. The van der Waals surface area contributed by atoms with E-state index in [0.717, 1.165) is 0 Å². The second-order valence-corrected chi connectivity index (χ2v) is 5.87. The average Bonchev–Trinajstić information content (AvgIpc) is 2.46. The van der Waals surface area contributed by atoms with Crippen molar-refractivity contribution in [3.05, 3.63) is 15.2 Å². The molecule has 2 heterocycles. The monoisotopic (exact) mass is 251 g/mol. The quantitative estimate of drug-likeness (QED) is 0.720. The van der Waals surface area contributed by atoms with Crippen LogP contribution in [0, 0.1) is 4.91 Å². The van der Waals surface area contributed by atoms with Crippen LogP contribution in [0.5, 0.6) is 0 Å². The molecule has 1 aliphatic rings. The molecule has 0 spiro atoms.